The summed E-state index contributed by atoms with van der Waals surface area (Å²) in [5.41, 5.74) is 6.66. The second kappa shape index (κ2) is 9.99. The number of nitrogen functional groups attached to an aromatic ring is 1. The van der Waals surface area contributed by atoms with Crippen LogP contribution < -0.4 is 5.73 Å². The van der Waals surface area contributed by atoms with Crippen molar-refractivity contribution in [3.63, 3.8) is 0 Å². The van der Waals surface area contributed by atoms with Gasteiger partial charge >= 0.3 is 12.1 Å². The lowest BCUT2D eigenvalue weighted by Gasteiger charge is -2.33. The monoisotopic (exact) mass is 404 g/mol. The van der Waals surface area contributed by atoms with Crippen molar-refractivity contribution in [2.45, 2.75) is 91.0 Å². The van der Waals surface area contributed by atoms with Gasteiger partial charge in [0.2, 0.25) is 0 Å². The molecule has 0 spiro atoms. The Bertz CT molecular complexity index is 673. The number of amides is 1. The Kier molecular flexibility index (Phi) is 7.94. The first-order valence-electron chi connectivity index (χ1n) is 10.6. The first-order valence-corrected chi connectivity index (χ1v) is 10.6. The second-order valence-electron chi connectivity index (χ2n) is 9.34. The van der Waals surface area contributed by atoms with Gasteiger partial charge in [-0.25, -0.2) is 9.59 Å². The molecule has 1 saturated carbocycles. The van der Waals surface area contributed by atoms with E-state index in [4.69, 9.17) is 15.2 Å². The van der Waals surface area contributed by atoms with Crippen molar-refractivity contribution in [1.29, 1.82) is 0 Å². The maximum Gasteiger partial charge on any atom is 0.411 e. The highest BCUT2D eigenvalue weighted by molar-refractivity contribution is 5.81. The van der Waals surface area contributed by atoms with Crippen molar-refractivity contribution < 1.29 is 19.1 Å². The van der Waals surface area contributed by atoms with Gasteiger partial charge in [-0.15, -0.1) is 0 Å². The van der Waals surface area contributed by atoms with E-state index in [1.165, 1.54) is 4.90 Å². The number of carbonyl (C=O) groups excluding carboxylic acids is 2. The number of hydrogen-bond donors (Lipinski definition) is 1. The summed E-state index contributed by atoms with van der Waals surface area (Å²) in [5.74, 6) is -0.126. The predicted octanol–water partition coefficient (Wildman–Crippen LogP) is 4.91. The van der Waals surface area contributed by atoms with Crippen LogP contribution >= 0.6 is 0 Å². The molecule has 1 aliphatic rings. The van der Waals surface area contributed by atoms with Crippen LogP contribution in [0.25, 0.3) is 0 Å². The molecule has 1 unspecified atom stereocenters. The van der Waals surface area contributed by atoms with Crippen LogP contribution in [0.2, 0.25) is 0 Å². The first-order chi connectivity index (χ1) is 13.5. The van der Waals surface area contributed by atoms with Gasteiger partial charge in [-0.3, -0.25) is 4.90 Å². The quantitative estimate of drug-likeness (QED) is 0.516. The van der Waals surface area contributed by atoms with Crippen LogP contribution in [-0.4, -0.2) is 34.7 Å². The van der Waals surface area contributed by atoms with Crippen molar-refractivity contribution in [1.82, 2.24) is 4.90 Å². The van der Waals surface area contributed by atoms with Crippen LogP contribution in [0.3, 0.4) is 0 Å². The fourth-order valence-corrected chi connectivity index (χ4v) is 3.49. The second-order valence-corrected chi connectivity index (χ2v) is 9.34. The van der Waals surface area contributed by atoms with E-state index in [1.54, 1.807) is 12.1 Å². The third-order valence-corrected chi connectivity index (χ3v) is 4.89. The molecule has 0 heterocycles. The summed E-state index contributed by atoms with van der Waals surface area (Å²) in [7, 11) is 0. The third kappa shape index (κ3) is 7.59. The average molecular weight is 405 g/mol. The van der Waals surface area contributed by atoms with Crippen molar-refractivity contribution in [2.75, 3.05) is 5.73 Å². The lowest BCUT2D eigenvalue weighted by Crippen LogP contribution is -2.48. The minimum Gasteiger partial charge on any atom is -0.461 e. The van der Waals surface area contributed by atoms with Crippen LogP contribution in [0.15, 0.2) is 24.3 Å². The van der Waals surface area contributed by atoms with E-state index in [-0.39, 0.29) is 24.5 Å². The van der Waals surface area contributed by atoms with Gasteiger partial charge < -0.3 is 15.2 Å². The molecule has 1 fully saturated rings. The summed E-state index contributed by atoms with van der Waals surface area (Å²) in [6.07, 6.45) is 3.90. The largest absolute Gasteiger partial charge is 0.461 e. The normalized spacial score (nSPS) is 15.9. The molecule has 1 aromatic carbocycles. The molecule has 162 valence electrons. The van der Waals surface area contributed by atoms with Crippen molar-refractivity contribution in [3.05, 3.63) is 29.8 Å². The highest BCUT2D eigenvalue weighted by Crippen LogP contribution is 2.25. The molecule has 1 aromatic rings. The number of anilines is 1. The van der Waals surface area contributed by atoms with Crippen molar-refractivity contribution in [2.24, 2.45) is 5.92 Å². The maximum atomic E-state index is 13.1. The number of ether oxygens (including phenoxy) is 2. The third-order valence-electron chi connectivity index (χ3n) is 4.89. The number of carbonyl (C=O) groups is 2. The smallest absolute Gasteiger partial charge is 0.411 e. The number of hydrogen-bond acceptors (Lipinski definition) is 5. The lowest BCUT2D eigenvalue weighted by molar-refractivity contribution is -0.156. The molecule has 6 nitrogen and oxygen atoms in total. The van der Waals surface area contributed by atoms with Gasteiger partial charge in [0.25, 0.3) is 0 Å². The molecule has 1 aliphatic carbocycles. The molecule has 0 aromatic heterocycles. The fourth-order valence-electron chi connectivity index (χ4n) is 3.49. The topological polar surface area (TPSA) is 81.9 Å². The zero-order valence-corrected chi connectivity index (χ0v) is 18.4. The van der Waals surface area contributed by atoms with Crippen LogP contribution in [-0.2, 0) is 20.8 Å². The molecule has 1 amide bonds. The predicted molar refractivity (Wildman–Crippen MR) is 114 cm³/mol. The molecule has 29 heavy (non-hydrogen) atoms. The summed E-state index contributed by atoms with van der Waals surface area (Å²) in [4.78, 5) is 27.7. The number of benzene rings is 1. The summed E-state index contributed by atoms with van der Waals surface area (Å²) in [6.45, 7) is 9.78. The molecule has 1 atom stereocenters. The molecule has 2 N–H and O–H groups in total. The molecule has 2 rings (SSSR count). The number of nitrogens with zero attached hydrogens (tertiary/aromatic N) is 1. The van der Waals surface area contributed by atoms with Gasteiger partial charge in [0, 0.05) is 12.2 Å². The van der Waals surface area contributed by atoms with E-state index in [1.807, 2.05) is 46.8 Å². The minimum atomic E-state index is -0.692. The van der Waals surface area contributed by atoms with Gasteiger partial charge in [0.05, 0.1) is 0 Å². The standard InChI is InChI=1S/C23H36N2O4/c1-16(2)14-20(21(26)28-19-8-6-7-9-19)25(22(27)29-23(3,4)5)15-17-10-12-18(24)13-11-17/h10-13,16,19-20H,6-9,14-15,24H2,1-5H3. The van der Waals surface area contributed by atoms with E-state index < -0.39 is 17.7 Å². The van der Waals surface area contributed by atoms with Gasteiger partial charge in [0.1, 0.15) is 17.7 Å². The van der Waals surface area contributed by atoms with Gasteiger partial charge in [0.15, 0.2) is 0 Å². The molecule has 0 bridgehead atoms. The van der Waals surface area contributed by atoms with E-state index in [0.29, 0.717) is 12.1 Å². The Morgan fingerprint density at radius 2 is 1.72 bits per heavy atom. The summed E-state index contributed by atoms with van der Waals surface area (Å²) < 4.78 is 11.4. The Morgan fingerprint density at radius 3 is 2.24 bits per heavy atom. The van der Waals surface area contributed by atoms with Gasteiger partial charge in [-0.1, -0.05) is 26.0 Å². The SMILES string of the molecule is CC(C)CC(C(=O)OC1CCCC1)N(Cc1ccc(N)cc1)C(=O)OC(C)(C)C. The number of rotatable bonds is 7. The molecule has 6 heteroatoms. The number of nitrogens with two attached hydrogens (primary N) is 1. The Morgan fingerprint density at radius 1 is 1.14 bits per heavy atom. The Balaban J connectivity index is 2.28. The number of esters is 1. The highest BCUT2D eigenvalue weighted by Gasteiger charge is 2.36. The van der Waals surface area contributed by atoms with E-state index in [0.717, 1.165) is 31.2 Å². The van der Waals surface area contributed by atoms with Gasteiger partial charge in [-0.05, 0) is 76.5 Å². The van der Waals surface area contributed by atoms with E-state index >= 15 is 0 Å². The average Bonchev–Trinajstić information content (AvgIpc) is 3.10. The van der Waals surface area contributed by atoms with Crippen LogP contribution in [0.1, 0.15) is 72.3 Å². The van der Waals surface area contributed by atoms with Crippen LogP contribution in [0.5, 0.6) is 0 Å². The summed E-state index contributed by atoms with van der Waals surface area (Å²) in [6, 6.07) is 6.61. The fraction of sp³-hybridized carbons (Fsp3) is 0.652. The zero-order valence-electron chi connectivity index (χ0n) is 18.4. The molecule has 0 saturated heterocycles. The minimum absolute atomic E-state index is 0.0471. The summed E-state index contributed by atoms with van der Waals surface area (Å²) in [5, 5.41) is 0. The first kappa shape index (κ1) is 23.0. The van der Waals surface area contributed by atoms with E-state index in [9.17, 15) is 9.59 Å². The van der Waals surface area contributed by atoms with Crippen LogP contribution in [0.4, 0.5) is 10.5 Å². The highest BCUT2D eigenvalue weighted by atomic mass is 16.6. The van der Waals surface area contributed by atoms with Crippen LogP contribution in [0, 0.1) is 5.92 Å². The summed E-state index contributed by atoms with van der Waals surface area (Å²) >= 11 is 0. The zero-order chi connectivity index (χ0) is 21.6. The van der Waals surface area contributed by atoms with E-state index in [2.05, 4.69) is 0 Å². The van der Waals surface area contributed by atoms with Crippen molar-refractivity contribution >= 4 is 17.7 Å². The van der Waals surface area contributed by atoms with Crippen molar-refractivity contribution in [3.8, 4) is 0 Å². The molecule has 0 radical (unpaired) electrons. The lowest BCUT2D eigenvalue weighted by atomic mass is 10.0. The molecular formula is C23H36N2O4. The Hall–Kier alpha value is -2.24. The van der Waals surface area contributed by atoms with Gasteiger partial charge in [-0.2, -0.15) is 0 Å². The molecule has 0 aliphatic heterocycles. The Labute approximate surface area is 174 Å². The maximum absolute atomic E-state index is 13.1. The molecular weight excluding hydrogens is 368 g/mol.